The average Bonchev–Trinajstić information content (AvgIpc) is 2.47. The van der Waals surface area contributed by atoms with Gasteiger partial charge in [0.2, 0.25) is 0 Å². The van der Waals surface area contributed by atoms with Crippen molar-refractivity contribution in [3.63, 3.8) is 0 Å². The van der Waals surface area contributed by atoms with E-state index in [1.54, 1.807) is 6.20 Å². The standard InChI is InChI=1S/C15H24N4OS/c1-11-12(2)21-9-8-19(11)15(20)17-10-13-6-5-7-16-14(13)18(3)4/h5-7,11-12H,8-10H2,1-4H3,(H,17,20)/t11-,12-/m0/s1. The van der Waals surface area contributed by atoms with E-state index < -0.39 is 0 Å². The van der Waals surface area contributed by atoms with Gasteiger partial charge in [-0.3, -0.25) is 0 Å². The van der Waals surface area contributed by atoms with E-state index in [-0.39, 0.29) is 12.1 Å². The molecule has 0 aliphatic carbocycles. The highest BCUT2D eigenvalue weighted by atomic mass is 32.2. The largest absolute Gasteiger partial charge is 0.362 e. The molecule has 0 radical (unpaired) electrons. The summed E-state index contributed by atoms with van der Waals surface area (Å²) >= 11 is 1.93. The molecule has 0 bridgehead atoms. The third kappa shape index (κ3) is 3.81. The first kappa shape index (κ1) is 15.9. The molecule has 1 aromatic heterocycles. The topological polar surface area (TPSA) is 48.5 Å². The number of carbonyl (C=O) groups is 1. The van der Waals surface area contributed by atoms with Gasteiger partial charge in [-0.2, -0.15) is 11.8 Å². The number of carbonyl (C=O) groups excluding carboxylic acids is 1. The van der Waals surface area contributed by atoms with Gasteiger partial charge in [-0.1, -0.05) is 13.0 Å². The van der Waals surface area contributed by atoms with E-state index in [1.807, 2.05) is 47.8 Å². The Morgan fingerprint density at radius 2 is 2.29 bits per heavy atom. The van der Waals surface area contributed by atoms with Crippen molar-refractivity contribution >= 4 is 23.6 Å². The number of thioether (sulfide) groups is 1. The van der Waals surface area contributed by atoms with E-state index in [9.17, 15) is 4.79 Å². The molecule has 1 aliphatic rings. The van der Waals surface area contributed by atoms with E-state index >= 15 is 0 Å². The smallest absolute Gasteiger partial charge is 0.317 e. The molecule has 0 aromatic carbocycles. The van der Waals surface area contributed by atoms with Crippen LogP contribution in [-0.2, 0) is 6.54 Å². The van der Waals surface area contributed by atoms with Crippen LogP contribution in [0.1, 0.15) is 19.4 Å². The van der Waals surface area contributed by atoms with E-state index in [0.29, 0.717) is 11.8 Å². The fourth-order valence-corrected chi connectivity index (χ4v) is 3.56. The Balaban J connectivity index is 1.98. The summed E-state index contributed by atoms with van der Waals surface area (Å²) in [4.78, 5) is 20.6. The maximum Gasteiger partial charge on any atom is 0.317 e. The Bertz CT molecular complexity index is 494. The second kappa shape index (κ2) is 7.02. The van der Waals surface area contributed by atoms with Crippen molar-refractivity contribution in [3.8, 4) is 0 Å². The average molecular weight is 308 g/mol. The number of rotatable bonds is 3. The van der Waals surface area contributed by atoms with Crippen molar-refractivity contribution in [3.05, 3.63) is 23.9 Å². The van der Waals surface area contributed by atoms with Gasteiger partial charge in [0.1, 0.15) is 5.82 Å². The van der Waals surface area contributed by atoms with Crippen LogP contribution in [0.4, 0.5) is 10.6 Å². The number of hydrogen-bond donors (Lipinski definition) is 1. The Kier molecular flexibility index (Phi) is 5.33. The molecular formula is C15H24N4OS. The van der Waals surface area contributed by atoms with Crippen LogP contribution in [0, 0.1) is 0 Å². The number of pyridine rings is 1. The Labute approximate surface area is 131 Å². The predicted molar refractivity (Wildman–Crippen MR) is 88.9 cm³/mol. The summed E-state index contributed by atoms with van der Waals surface area (Å²) < 4.78 is 0. The maximum atomic E-state index is 12.4. The van der Waals surface area contributed by atoms with E-state index in [4.69, 9.17) is 0 Å². The van der Waals surface area contributed by atoms with E-state index in [1.165, 1.54) is 0 Å². The fraction of sp³-hybridized carbons (Fsp3) is 0.600. The SMILES string of the molecule is C[C@@H]1SCCN(C(=O)NCc2cccnc2N(C)C)[C@H]1C. The monoisotopic (exact) mass is 308 g/mol. The van der Waals surface area contributed by atoms with Crippen LogP contribution in [0.5, 0.6) is 0 Å². The quantitative estimate of drug-likeness (QED) is 0.930. The summed E-state index contributed by atoms with van der Waals surface area (Å²) in [5.74, 6) is 1.91. The van der Waals surface area contributed by atoms with Gasteiger partial charge in [0.15, 0.2) is 0 Å². The van der Waals surface area contributed by atoms with Crippen molar-refractivity contribution in [1.29, 1.82) is 0 Å². The Morgan fingerprint density at radius 1 is 1.52 bits per heavy atom. The minimum Gasteiger partial charge on any atom is -0.362 e. The molecule has 5 nitrogen and oxygen atoms in total. The molecule has 2 rings (SSSR count). The fourth-order valence-electron chi connectivity index (χ4n) is 2.46. The van der Waals surface area contributed by atoms with E-state index in [0.717, 1.165) is 23.7 Å². The summed E-state index contributed by atoms with van der Waals surface area (Å²) in [6.45, 7) is 5.62. The minimum absolute atomic E-state index is 0.0169. The second-order valence-corrected chi connectivity index (χ2v) is 7.03. The van der Waals surface area contributed by atoms with E-state index in [2.05, 4.69) is 24.1 Å². The lowest BCUT2D eigenvalue weighted by Crippen LogP contribution is -2.51. The highest BCUT2D eigenvalue weighted by Gasteiger charge is 2.28. The molecule has 1 fully saturated rings. The summed E-state index contributed by atoms with van der Waals surface area (Å²) in [5, 5.41) is 3.51. The highest BCUT2D eigenvalue weighted by Crippen LogP contribution is 2.24. The van der Waals surface area contributed by atoms with Crippen LogP contribution < -0.4 is 10.2 Å². The zero-order valence-electron chi connectivity index (χ0n) is 13.2. The molecule has 0 spiro atoms. The summed E-state index contributed by atoms with van der Waals surface area (Å²) in [7, 11) is 3.92. The van der Waals surface area contributed by atoms with Crippen molar-refractivity contribution < 1.29 is 4.79 Å². The summed E-state index contributed by atoms with van der Waals surface area (Å²) in [6.07, 6.45) is 1.77. The van der Waals surface area contributed by atoms with Crippen molar-refractivity contribution in [1.82, 2.24) is 15.2 Å². The van der Waals surface area contributed by atoms with Gasteiger partial charge in [-0.05, 0) is 13.0 Å². The normalized spacial score (nSPS) is 22.0. The van der Waals surface area contributed by atoms with Gasteiger partial charge in [0.05, 0.1) is 0 Å². The molecule has 1 aliphatic heterocycles. The molecule has 2 atom stereocenters. The van der Waals surface area contributed by atoms with Crippen molar-refractivity contribution in [2.75, 3.05) is 31.3 Å². The first-order chi connectivity index (χ1) is 10.0. The van der Waals surface area contributed by atoms with Gasteiger partial charge in [0.25, 0.3) is 0 Å². The Hall–Kier alpha value is -1.43. The van der Waals surface area contributed by atoms with Crippen LogP contribution in [-0.4, -0.2) is 53.6 Å². The zero-order valence-corrected chi connectivity index (χ0v) is 14.0. The first-order valence-corrected chi connectivity index (χ1v) is 8.33. The molecule has 1 saturated heterocycles. The minimum atomic E-state index is 0.0169. The van der Waals surface area contributed by atoms with Gasteiger partial charge in [-0.15, -0.1) is 0 Å². The molecular weight excluding hydrogens is 284 g/mol. The number of nitrogens with one attached hydrogen (secondary N) is 1. The lowest BCUT2D eigenvalue weighted by Gasteiger charge is -2.37. The van der Waals surface area contributed by atoms with Gasteiger partial charge in [-0.25, -0.2) is 9.78 Å². The first-order valence-electron chi connectivity index (χ1n) is 7.28. The molecule has 0 unspecified atom stereocenters. The zero-order chi connectivity index (χ0) is 15.4. The number of nitrogens with zero attached hydrogens (tertiary/aromatic N) is 3. The summed E-state index contributed by atoms with van der Waals surface area (Å²) in [6, 6.07) is 4.19. The van der Waals surface area contributed by atoms with Gasteiger partial charge < -0.3 is 15.1 Å². The van der Waals surface area contributed by atoms with Crippen molar-refractivity contribution in [2.45, 2.75) is 31.7 Å². The van der Waals surface area contributed by atoms with Crippen LogP contribution in [0.3, 0.4) is 0 Å². The molecule has 2 heterocycles. The van der Waals surface area contributed by atoms with Gasteiger partial charge in [0, 0.05) is 56.0 Å². The number of aromatic nitrogens is 1. The number of anilines is 1. The Morgan fingerprint density at radius 3 is 3.00 bits per heavy atom. The lowest BCUT2D eigenvalue weighted by molar-refractivity contribution is 0.180. The third-order valence-corrected chi connectivity index (χ3v) is 5.20. The highest BCUT2D eigenvalue weighted by molar-refractivity contribution is 8.00. The van der Waals surface area contributed by atoms with Crippen LogP contribution in [0.25, 0.3) is 0 Å². The van der Waals surface area contributed by atoms with Crippen LogP contribution >= 0.6 is 11.8 Å². The number of hydrogen-bond acceptors (Lipinski definition) is 4. The molecule has 6 heteroatoms. The third-order valence-electron chi connectivity index (χ3n) is 3.87. The molecule has 1 aromatic rings. The molecule has 1 N–H and O–H groups in total. The maximum absolute atomic E-state index is 12.4. The van der Waals surface area contributed by atoms with Crippen LogP contribution in [0.15, 0.2) is 18.3 Å². The summed E-state index contributed by atoms with van der Waals surface area (Å²) in [5.41, 5.74) is 1.03. The number of urea groups is 1. The second-order valence-electron chi connectivity index (χ2n) is 5.55. The number of amides is 2. The van der Waals surface area contributed by atoms with Crippen LogP contribution in [0.2, 0.25) is 0 Å². The predicted octanol–water partition coefficient (Wildman–Crippen LogP) is 2.18. The molecule has 0 saturated carbocycles. The van der Waals surface area contributed by atoms with Gasteiger partial charge >= 0.3 is 6.03 Å². The molecule has 2 amide bonds. The molecule has 21 heavy (non-hydrogen) atoms. The lowest BCUT2D eigenvalue weighted by atomic mass is 10.2. The van der Waals surface area contributed by atoms with Crippen molar-refractivity contribution in [2.24, 2.45) is 0 Å². The molecule has 116 valence electrons.